The Bertz CT molecular complexity index is 802. The van der Waals surface area contributed by atoms with Crippen LogP contribution in [0, 0.1) is 0 Å². The standard InChI is InChI=1S/C16H17BrN2O3S/c1-3-22-15-7-9-16(10-8-15)23(20,21)19-18-12(2)13-5-4-6-14(17)11-13/h4-11,19H,3H2,1-2H3/b18-12-. The Balaban J connectivity index is 2.16. The highest BCUT2D eigenvalue weighted by Gasteiger charge is 2.13. The van der Waals surface area contributed by atoms with Crippen molar-refractivity contribution in [2.45, 2.75) is 18.7 Å². The third kappa shape index (κ3) is 4.80. The van der Waals surface area contributed by atoms with Crippen molar-refractivity contribution in [1.82, 2.24) is 4.83 Å². The van der Waals surface area contributed by atoms with Crippen LogP contribution in [0.15, 0.2) is 63.0 Å². The average Bonchev–Trinajstić information content (AvgIpc) is 2.53. The van der Waals surface area contributed by atoms with Crippen LogP contribution in [0.25, 0.3) is 0 Å². The number of rotatable bonds is 6. The maximum Gasteiger partial charge on any atom is 0.276 e. The minimum Gasteiger partial charge on any atom is -0.494 e. The molecule has 0 unspecified atom stereocenters. The lowest BCUT2D eigenvalue weighted by molar-refractivity contribution is 0.340. The van der Waals surface area contributed by atoms with Gasteiger partial charge in [-0.05, 0) is 55.8 Å². The van der Waals surface area contributed by atoms with E-state index in [0.29, 0.717) is 18.1 Å². The van der Waals surface area contributed by atoms with E-state index in [9.17, 15) is 8.42 Å². The molecule has 0 aliphatic rings. The van der Waals surface area contributed by atoms with Crippen molar-refractivity contribution < 1.29 is 13.2 Å². The quantitative estimate of drug-likeness (QED) is 0.599. The lowest BCUT2D eigenvalue weighted by Crippen LogP contribution is -2.19. The van der Waals surface area contributed by atoms with Gasteiger partial charge in [0, 0.05) is 4.47 Å². The SMILES string of the molecule is CCOc1ccc(S(=O)(=O)N/N=C(/C)c2cccc(Br)c2)cc1. The Morgan fingerprint density at radius 1 is 1.22 bits per heavy atom. The Morgan fingerprint density at radius 3 is 2.52 bits per heavy atom. The van der Waals surface area contributed by atoms with Gasteiger partial charge in [0.25, 0.3) is 10.0 Å². The molecule has 122 valence electrons. The van der Waals surface area contributed by atoms with Gasteiger partial charge in [0.05, 0.1) is 17.2 Å². The van der Waals surface area contributed by atoms with Crippen LogP contribution >= 0.6 is 15.9 Å². The van der Waals surface area contributed by atoms with E-state index in [1.54, 1.807) is 19.1 Å². The van der Waals surface area contributed by atoms with E-state index >= 15 is 0 Å². The number of benzene rings is 2. The Morgan fingerprint density at radius 2 is 1.91 bits per heavy atom. The van der Waals surface area contributed by atoms with Crippen LogP contribution in [0.2, 0.25) is 0 Å². The molecule has 0 saturated carbocycles. The average molecular weight is 397 g/mol. The summed E-state index contributed by atoms with van der Waals surface area (Å²) < 4.78 is 30.7. The molecule has 0 bridgehead atoms. The highest BCUT2D eigenvalue weighted by molar-refractivity contribution is 9.10. The molecule has 0 saturated heterocycles. The normalized spacial score (nSPS) is 12.0. The highest BCUT2D eigenvalue weighted by Crippen LogP contribution is 2.16. The summed E-state index contributed by atoms with van der Waals surface area (Å²) in [7, 11) is -3.71. The molecule has 2 aromatic carbocycles. The zero-order valence-electron chi connectivity index (χ0n) is 12.8. The van der Waals surface area contributed by atoms with Gasteiger partial charge < -0.3 is 4.74 Å². The second kappa shape index (κ2) is 7.61. The molecule has 0 heterocycles. The van der Waals surface area contributed by atoms with Crippen LogP contribution < -0.4 is 9.57 Å². The van der Waals surface area contributed by atoms with E-state index in [0.717, 1.165) is 10.0 Å². The fourth-order valence-corrected chi connectivity index (χ4v) is 3.10. The summed E-state index contributed by atoms with van der Waals surface area (Å²) in [4.78, 5) is 2.38. The number of hydrogen-bond acceptors (Lipinski definition) is 4. The van der Waals surface area contributed by atoms with Gasteiger partial charge in [0.2, 0.25) is 0 Å². The van der Waals surface area contributed by atoms with E-state index in [1.807, 2.05) is 31.2 Å². The van der Waals surface area contributed by atoms with E-state index in [-0.39, 0.29) is 4.90 Å². The third-order valence-corrected chi connectivity index (χ3v) is 4.74. The maximum absolute atomic E-state index is 12.2. The molecule has 2 aromatic rings. The molecular formula is C16H17BrN2O3S. The molecule has 0 atom stereocenters. The summed E-state index contributed by atoms with van der Waals surface area (Å²) in [5.41, 5.74) is 1.40. The first-order chi connectivity index (χ1) is 10.9. The van der Waals surface area contributed by atoms with Crippen molar-refractivity contribution in [2.75, 3.05) is 6.61 Å². The molecule has 7 heteroatoms. The molecule has 0 spiro atoms. The molecule has 0 aliphatic heterocycles. The number of nitrogens with one attached hydrogen (secondary N) is 1. The Kier molecular flexibility index (Phi) is 5.79. The molecule has 2 rings (SSSR count). The van der Waals surface area contributed by atoms with E-state index in [4.69, 9.17) is 4.74 Å². The summed E-state index contributed by atoms with van der Waals surface area (Å²) in [5, 5.41) is 3.97. The van der Waals surface area contributed by atoms with Crippen LogP contribution in [0.3, 0.4) is 0 Å². The number of hydrazone groups is 1. The first-order valence-corrected chi connectivity index (χ1v) is 9.25. The summed E-state index contributed by atoms with van der Waals surface area (Å²) in [5.74, 6) is 0.625. The summed E-state index contributed by atoms with van der Waals surface area (Å²) in [6.07, 6.45) is 0. The molecule has 23 heavy (non-hydrogen) atoms. The van der Waals surface area contributed by atoms with E-state index in [1.165, 1.54) is 12.1 Å². The number of halogens is 1. The van der Waals surface area contributed by atoms with Crippen molar-refractivity contribution >= 4 is 31.7 Å². The van der Waals surface area contributed by atoms with E-state index in [2.05, 4.69) is 25.9 Å². The number of ether oxygens (including phenoxy) is 1. The molecule has 0 amide bonds. The molecule has 5 nitrogen and oxygen atoms in total. The molecule has 0 radical (unpaired) electrons. The van der Waals surface area contributed by atoms with Crippen LogP contribution in [0.1, 0.15) is 19.4 Å². The molecule has 0 aromatic heterocycles. The molecular weight excluding hydrogens is 380 g/mol. The molecule has 1 N–H and O–H groups in total. The monoisotopic (exact) mass is 396 g/mol. The van der Waals surface area contributed by atoms with Crippen molar-refractivity contribution in [3.63, 3.8) is 0 Å². The minimum absolute atomic E-state index is 0.131. The largest absolute Gasteiger partial charge is 0.494 e. The number of hydrogen-bond donors (Lipinski definition) is 1. The molecule has 0 aliphatic carbocycles. The third-order valence-electron chi connectivity index (χ3n) is 3.02. The number of sulfonamides is 1. The predicted molar refractivity (Wildman–Crippen MR) is 94.3 cm³/mol. The lowest BCUT2D eigenvalue weighted by Gasteiger charge is -2.07. The van der Waals surface area contributed by atoms with Crippen LogP contribution in [0.5, 0.6) is 5.75 Å². The van der Waals surface area contributed by atoms with E-state index < -0.39 is 10.0 Å². The zero-order valence-corrected chi connectivity index (χ0v) is 15.2. The van der Waals surface area contributed by atoms with Gasteiger partial charge in [0.1, 0.15) is 5.75 Å². The van der Waals surface area contributed by atoms with Crippen molar-refractivity contribution in [1.29, 1.82) is 0 Å². The van der Waals surface area contributed by atoms with Gasteiger partial charge in [-0.25, -0.2) is 0 Å². The number of nitrogens with zero attached hydrogens (tertiary/aromatic N) is 1. The van der Waals surface area contributed by atoms with Crippen molar-refractivity contribution in [2.24, 2.45) is 5.10 Å². The fourth-order valence-electron chi connectivity index (χ4n) is 1.84. The van der Waals surface area contributed by atoms with Gasteiger partial charge in [-0.2, -0.15) is 18.4 Å². The topological polar surface area (TPSA) is 67.8 Å². The smallest absolute Gasteiger partial charge is 0.276 e. The first kappa shape index (κ1) is 17.5. The second-order valence-corrected chi connectivity index (χ2v) is 7.28. The summed E-state index contributed by atoms with van der Waals surface area (Å²) in [6, 6.07) is 13.7. The van der Waals surface area contributed by atoms with Gasteiger partial charge in [0.15, 0.2) is 0 Å². The minimum atomic E-state index is -3.71. The van der Waals surface area contributed by atoms with Crippen LogP contribution in [0.4, 0.5) is 0 Å². The Labute approximate surface area is 144 Å². The van der Waals surface area contributed by atoms with Gasteiger partial charge in [-0.15, -0.1) is 0 Å². The zero-order chi connectivity index (χ0) is 16.9. The van der Waals surface area contributed by atoms with Gasteiger partial charge in [-0.3, -0.25) is 0 Å². The maximum atomic E-state index is 12.2. The highest BCUT2D eigenvalue weighted by atomic mass is 79.9. The van der Waals surface area contributed by atoms with Crippen LogP contribution in [-0.2, 0) is 10.0 Å². The van der Waals surface area contributed by atoms with Crippen molar-refractivity contribution in [3.8, 4) is 5.75 Å². The van der Waals surface area contributed by atoms with Gasteiger partial charge in [-0.1, -0.05) is 28.1 Å². The first-order valence-electron chi connectivity index (χ1n) is 6.97. The second-order valence-electron chi connectivity index (χ2n) is 4.71. The predicted octanol–water partition coefficient (Wildman–Crippen LogP) is 3.55. The fraction of sp³-hybridized carbons (Fsp3) is 0.188. The summed E-state index contributed by atoms with van der Waals surface area (Å²) in [6.45, 7) is 4.13. The van der Waals surface area contributed by atoms with Gasteiger partial charge >= 0.3 is 0 Å². The molecule has 0 fully saturated rings. The van der Waals surface area contributed by atoms with Crippen LogP contribution in [-0.4, -0.2) is 20.7 Å². The summed E-state index contributed by atoms with van der Waals surface area (Å²) >= 11 is 3.37. The lowest BCUT2D eigenvalue weighted by atomic mass is 10.1. The Hall–Kier alpha value is -1.86. The van der Waals surface area contributed by atoms with Crippen molar-refractivity contribution in [3.05, 3.63) is 58.6 Å².